The highest BCUT2D eigenvalue weighted by molar-refractivity contribution is 5.41. The highest BCUT2D eigenvalue weighted by atomic mass is 15.1. The molecule has 4 rings (SSSR count). The van der Waals surface area contributed by atoms with Gasteiger partial charge < -0.3 is 5.32 Å². The SMILES string of the molecule is CCc1nc(C)cc(NC2C3C4CCC(C4)C23)n1. The summed E-state index contributed by atoms with van der Waals surface area (Å²) in [6, 6.07) is 2.81. The predicted molar refractivity (Wildman–Crippen MR) is 71.4 cm³/mol. The molecule has 2 bridgehead atoms. The molecular formula is C15H21N3. The van der Waals surface area contributed by atoms with Crippen molar-refractivity contribution >= 4 is 5.82 Å². The van der Waals surface area contributed by atoms with Gasteiger partial charge in [-0.05, 0) is 49.9 Å². The van der Waals surface area contributed by atoms with Crippen molar-refractivity contribution in [1.82, 2.24) is 9.97 Å². The van der Waals surface area contributed by atoms with Crippen LogP contribution in [-0.4, -0.2) is 16.0 Å². The van der Waals surface area contributed by atoms with Crippen molar-refractivity contribution in [3.8, 4) is 0 Å². The number of fused-ring (bicyclic) bond motifs is 5. The van der Waals surface area contributed by atoms with E-state index in [2.05, 4.69) is 35.2 Å². The van der Waals surface area contributed by atoms with Gasteiger partial charge in [-0.25, -0.2) is 9.97 Å². The Morgan fingerprint density at radius 3 is 2.61 bits per heavy atom. The molecule has 0 amide bonds. The first-order chi connectivity index (χ1) is 8.76. The average Bonchev–Trinajstić information content (AvgIpc) is 2.76. The van der Waals surface area contributed by atoms with Gasteiger partial charge in [-0.3, -0.25) is 0 Å². The fourth-order valence-corrected chi connectivity index (χ4v) is 4.55. The van der Waals surface area contributed by atoms with E-state index in [1.165, 1.54) is 19.3 Å². The van der Waals surface area contributed by atoms with Crippen LogP contribution in [-0.2, 0) is 6.42 Å². The Labute approximate surface area is 108 Å². The van der Waals surface area contributed by atoms with Gasteiger partial charge in [0.1, 0.15) is 11.6 Å². The van der Waals surface area contributed by atoms with Gasteiger partial charge >= 0.3 is 0 Å². The average molecular weight is 243 g/mol. The Bertz CT molecular complexity index is 469. The normalized spacial score (nSPS) is 39.8. The number of nitrogens with zero attached hydrogens (tertiary/aromatic N) is 2. The summed E-state index contributed by atoms with van der Waals surface area (Å²) in [5.41, 5.74) is 1.08. The molecule has 3 nitrogen and oxygen atoms in total. The van der Waals surface area contributed by atoms with Crippen LogP contribution in [0.4, 0.5) is 5.82 Å². The zero-order chi connectivity index (χ0) is 12.3. The zero-order valence-corrected chi connectivity index (χ0v) is 11.2. The molecule has 3 aliphatic rings. The number of aromatic nitrogens is 2. The number of nitrogens with one attached hydrogen (secondary N) is 1. The third-order valence-corrected chi connectivity index (χ3v) is 5.27. The standard InChI is InChI=1S/C15H21N3/c1-3-11-16-8(2)6-12(17-11)18-15-13-9-4-5-10(7-9)14(13)15/h6,9-10,13-15H,3-5,7H2,1-2H3,(H,16,17,18). The van der Waals surface area contributed by atoms with Crippen LogP contribution in [0, 0.1) is 30.6 Å². The lowest BCUT2D eigenvalue weighted by Gasteiger charge is -2.12. The Hall–Kier alpha value is -1.12. The van der Waals surface area contributed by atoms with Crippen molar-refractivity contribution in [2.75, 3.05) is 5.32 Å². The molecule has 0 aromatic carbocycles. The van der Waals surface area contributed by atoms with Gasteiger partial charge in [0.15, 0.2) is 0 Å². The Balaban J connectivity index is 1.51. The van der Waals surface area contributed by atoms with Gasteiger partial charge in [-0.2, -0.15) is 0 Å². The first-order valence-electron chi connectivity index (χ1n) is 7.37. The van der Waals surface area contributed by atoms with E-state index < -0.39 is 0 Å². The topological polar surface area (TPSA) is 37.8 Å². The molecule has 0 saturated heterocycles. The molecule has 0 radical (unpaired) electrons. The minimum Gasteiger partial charge on any atom is -0.367 e. The second kappa shape index (κ2) is 3.69. The van der Waals surface area contributed by atoms with Crippen LogP contribution in [0.15, 0.2) is 6.07 Å². The van der Waals surface area contributed by atoms with Crippen molar-refractivity contribution in [2.24, 2.45) is 23.7 Å². The van der Waals surface area contributed by atoms with Crippen LogP contribution >= 0.6 is 0 Å². The lowest BCUT2D eigenvalue weighted by molar-refractivity contribution is 0.456. The van der Waals surface area contributed by atoms with Crippen LogP contribution in [0.3, 0.4) is 0 Å². The van der Waals surface area contributed by atoms with Gasteiger partial charge in [0, 0.05) is 24.2 Å². The molecule has 1 aromatic heterocycles. The molecule has 0 spiro atoms. The largest absolute Gasteiger partial charge is 0.367 e. The fourth-order valence-electron chi connectivity index (χ4n) is 4.55. The molecule has 3 saturated carbocycles. The number of hydrogen-bond donors (Lipinski definition) is 1. The van der Waals surface area contributed by atoms with Gasteiger partial charge in [0.2, 0.25) is 0 Å². The maximum atomic E-state index is 4.61. The molecule has 4 atom stereocenters. The maximum absolute atomic E-state index is 4.61. The quantitative estimate of drug-likeness (QED) is 0.887. The number of hydrogen-bond acceptors (Lipinski definition) is 3. The summed E-state index contributed by atoms with van der Waals surface area (Å²) in [5, 5.41) is 3.68. The summed E-state index contributed by atoms with van der Waals surface area (Å²) in [5.74, 6) is 5.98. The minimum atomic E-state index is 0.718. The monoisotopic (exact) mass is 243 g/mol. The van der Waals surface area contributed by atoms with Crippen molar-refractivity contribution < 1.29 is 0 Å². The maximum Gasteiger partial charge on any atom is 0.130 e. The summed E-state index contributed by atoms with van der Waals surface area (Å²) in [6.45, 7) is 4.17. The summed E-state index contributed by atoms with van der Waals surface area (Å²) < 4.78 is 0. The summed E-state index contributed by atoms with van der Waals surface area (Å²) in [6.07, 6.45) is 5.38. The molecule has 1 aromatic rings. The number of aryl methyl sites for hydroxylation is 2. The summed E-state index contributed by atoms with van der Waals surface area (Å²) in [4.78, 5) is 9.05. The molecule has 1 heterocycles. The van der Waals surface area contributed by atoms with E-state index in [-0.39, 0.29) is 0 Å². The molecule has 3 aliphatic carbocycles. The second-order valence-electron chi connectivity index (χ2n) is 6.32. The third-order valence-electron chi connectivity index (χ3n) is 5.27. The predicted octanol–water partition coefficient (Wildman–Crippen LogP) is 2.80. The van der Waals surface area contributed by atoms with Crippen LogP contribution < -0.4 is 5.32 Å². The van der Waals surface area contributed by atoms with Crippen molar-refractivity contribution in [2.45, 2.75) is 45.6 Å². The molecular weight excluding hydrogens is 222 g/mol. The van der Waals surface area contributed by atoms with Gasteiger partial charge in [-0.15, -0.1) is 0 Å². The Morgan fingerprint density at radius 2 is 1.94 bits per heavy atom. The van der Waals surface area contributed by atoms with Crippen LogP contribution in [0.1, 0.15) is 37.7 Å². The zero-order valence-electron chi connectivity index (χ0n) is 11.2. The van der Waals surface area contributed by atoms with E-state index in [0.717, 1.165) is 53.5 Å². The molecule has 18 heavy (non-hydrogen) atoms. The first-order valence-corrected chi connectivity index (χ1v) is 7.37. The van der Waals surface area contributed by atoms with Crippen molar-refractivity contribution in [1.29, 1.82) is 0 Å². The van der Waals surface area contributed by atoms with E-state index in [4.69, 9.17) is 0 Å². The molecule has 0 aliphatic heterocycles. The van der Waals surface area contributed by atoms with Gasteiger partial charge in [0.05, 0.1) is 0 Å². The molecule has 3 heteroatoms. The molecule has 96 valence electrons. The van der Waals surface area contributed by atoms with E-state index in [1.54, 1.807) is 0 Å². The lowest BCUT2D eigenvalue weighted by atomic mass is 10.0. The fraction of sp³-hybridized carbons (Fsp3) is 0.733. The lowest BCUT2D eigenvalue weighted by Crippen LogP contribution is -2.14. The van der Waals surface area contributed by atoms with Gasteiger partial charge in [0.25, 0.3) is 0 Å². The van der Waals surface area contributed by atoms with Crippen LogP contribution in [0.2, 0.25) is 0 Å². The number of anilines is 1. The van der Waals surface area contributed by atoms with E-state index >= 15 is 0 Å². The smallest absolute Gasteiger partial charge is 0.130 e. The van der Waals surface area contributed by atoms with Crippen LogP contribution in [0.5, 0.6) is 0 Å². The van der Waals surface area contributed by atoms with E-state index in [0.29, 0.717) is 0 Å². The van der Waals surface area contributed by atoms with E-state index in [1.807, 2.05) is 0 Å². The highest BCUT2D eigenvalue weighted by Crippen LogP contribution is 2.66. The second-order valence-corrected chi connectivity index (χ2v) is 6.32. The molecule has 3 fully saturated rings. The first kappa shape index (κ1) is 10.8. The van der Waals surface area contributed by atoms with Crippen molar-refractivity contribution in [3.05, 3.63) is 17.6 Å². The summed E-state index contributed by atoms with van der Waals surface area (Å²) >= 11 is 0. The summed E-state index contributed by atoms with van der Waals surface area (Å²) in [7, 11) is 0. The molecule has 4 unspecified atom stereocenters. The Morgan fingerprint density at radius 1 is 1.22 bits per heavy atom. The highest BCUT2D eigenvalue weighted by Gasteiger charge is 2.65. The third kappa shape index (κ3) is 1.49. The van der Waals surface area contributed by atoms with Crippen LogP contribution in [0.25, 0.3) is 0 Å². The minimum absolute atomic E-state index is 0.718. The number of rotatable bonds is 3. The van der Waals surface area contributed by atoms with Crippen molar-refractivity contribution in [3.63, 3.8) is 0 Å². The van der Waals surface area contributed by atoms with E-state index in [9.17, 15) is 0 Å². The molecule has 1 N–H and O–H groups in total. The van der Waals surface area contributed by atoms with Gasteiger partial charge in [-0.1, -0.05) is 6.92 Å². The Kier molecular flexibility index (Phi) is 2.21.